The van der Waals surface area contributed by atoms with Crippen LogP contribution in [0.15, 0.2) is 65.5 Å². The molecule has 0 radical (unpaired) electrons. The molecule has 166 valence electrons. The minimum absolute atomic E-state index is 0.169. The molecule has 0 fully saturated rings. The van der Waals surface area contributed by atoms with Crippen molar-refractivity contribution < 1.29 is 9.53 Å². The molecule has 0 saturated heterocycles. The molecule has 2 aromatic carbocycles. The number of benzene rings is 2. The van der Waals surface area contributed by atoms with Gasteiger partial charge in [-0.1, -0.05) is 30.3 Å². The number of nitrogens with one attached hydrogen (secondary N) is 3. The highest BCUT2D eigenvalue weighted by Crippen LogP contribution is 2.25. The number of rotatable bonds is 5. The third-order valence-electron chi connectivity index (χ3n) is 5.50. The van der Waals surface area contributed by atoms with Crippen LogP contribution in [-0.4, -0.2) is 32.9 Å². The number of methoxy groups -OCH3 is 1. The Morgan fingerprint density at radius 3 is 2.61 bits per heavy atom. The summed E-state index contributed by atoms with van der Waals surface area (Å²) >= 11 is 0. The molecule has 2 heterocycles. The summed E-state index contributed by atoms with van der Waals surface area (Å²) in [6.45, 7) is 0. The van der Waals surface area contributed by atoms with Crippen LogP contribution in [0.4, 0.5) is 16.3 Å². The zero-order valence-electron chi connectivity index (χ0n) is 18.0. The number of ether oxygens (including phenoxy) is 1. The van der Waals surface area contributed by atoms with Gasteiger partial charge in [0.15, 0.2) is 0 Å². The Hall–Kier alpha value is -4.40. The Kier molecular flexibility index (Phi) is 5.35. The van der Waals surface area contributed by atoms with Crippen LogP contribution in [0.3, 0.4) is 0 Å². The van der Waals surface area contributed by atoms with Crippen LogP contribution in [0.25, 0.3) is 17.2 Å². The Bertz CT molecular complexity index is 1360. The van der Waals surface area contributed by atoms with E-state index in [2.05, 4.69) is 25.7 Å². The second-order valence-corrected chi connectivity index (χ2v) is 7.67. The first-order valence-corrected chi connectivity index (χ1v) is 10.6. The Balaban J connectivity index is 1.49. The second kappa shape index (κ2) is 8.62. The van der Waals surface area contributed by atoms with Gasteiger partial charge in [0.2, 0.25) is 5.95 Å². The summed E-state index contributed by atoms with van der Waals surface area (Å²) in [4.78, 5) is 32.7. The highest BCUT2D eigenvalue weighted by molar-refractivity contribution is 5.99. The number of amides is 2. The number of nitrogens with zero attached hydrogens (tertiary/aromatic N) is 3. The monoisotopic (exact) mass is 442 g/mol. The lowest BCUT2D eigenvalue weighted by molar-refractivity contribution is 0.262. The number of carbonyl (C=O) groups excluding carboxylic acids is 1. The third-order valence-corrected chi connectivity index (χ3v) is 5.50. The van der Waals surface area contributed by atoms with E-state index in [-0.39, 0.29) is 11.5 Å². The molecule has 0 unspecified atom stereocenters. The standard InChI is InChI=1S/C24H22N6O3/c1-33-17-12-10-16(11-13-17)25-24(32)27-21-14-20(15-6-3-2-4-7-15)29-30(21)23-26-19-9-5-8-18(19)22(31)28-23/h2-4,6-7,10-14H,5,8-9H2,1H3,(H2,25,27,32)(H,26,28,31). The predicted molar refractivity (Wildman–Crippen MR) is 125 cm³/mol. The van der Waals surface area contributed by atoms with Gasteiger partial charge in [0.05, 0.1) is 18.5 Å². The van der Waals surface area contributed by atoms with Crippen molar-refractivity contribution in [3.63, 3.8) is 0 Å². The van der Waals surface area contributed by atoms with Gasteiger partial charge in [-0.05, 0) is 43.5 Å². The summed E-state index contributed by atoms with van der Waals surface area (Å²) < 4.78 is 6.60. The molecule has 2 amide bonds. The summed E-state index contributed by atoms with van der Waals surface area (Å²) in [5.74, 6) is 1.33. The van der Waals surface area contributed by atoms with Gasteiger partial charge in [-0.2, -0.15) is 9.78 Å². The quantitative estimate of drug-likeness (QED) is 0.435. The van der Waals surface area contributed by atoms with Crippen LogP contribution in [0, 0.1) is 0 Å². The average molecular weight is 442 g/mol. The number of fused-ring (bicyclic) bond motifs is 1. The van der Waals surface area contributed by atoms with E-state index in [1.165, 1.54) is 4.68 Å². The smallest absolute Gasteiger partial charge is 0.324 e. The van der Waals surface area contributed by atoms with Crippen LogP contribution in [0.2, 0.25) is 0 Å². The number of anilines is 2. The normalized spacial score (nSPS) is 12.3. The number of carbonyl (C=O) groups is 1. The van der Waals surface area contributed by atoms with E-state index in [1.54, 1.807) is 37.4 Å². The first-order valence-electron chi connectivity index (χ1n) is 10.6. The average Bonchev–Trinajstić information content (AvgIpc) is 3.48. The molecule has 0 saturated carbocycles. The van der Waals surface area contributed by atoms with Gasteiger partial charge in [-0.3, -0.25) is 15.1 Å². The van der Waals surface area contributed by atoms with Crippen molar-refractivity contribution in [2.24, 2.45) is 0 Å². The molecule has 4 aromatic rings. The molecule has 3 N–H and O–H groups in total. The van der Waals surface area contributed by atoms with Gasteiger partial charge >= 0.3 is 6.03 Å². The maximum Gasteiger partial charge on any atom is 0.324 e. The Morgan fingerprint density at radius 1 is 1.06 bits per heavy atom. The number of aromatic nitrogens is 4. The summed E-state index contributed by atoms with van der Waals surface area (Å²) in [5, 5.41) is 10.2. The van der Waals surface area contributed by atoms with Crippen molar-refractivity contribution >= 4 is 17.5 Å². The third kappa shape index (κ3) is 4.20. The van der Waals surface area contributed by atoms with E-state index in [4.69, 9.17) is 4.74 Å². The molecule has 9 heteroatoms. The molecule has 0 bridgehead atoms. The molecule has 0 spiro atoms. The zero-order valence-corrected chi connectivity index (χ0v) is 18.0. The number of H-pyrrole nitrogens is 1. The van der Waals surface area contributed by atoms with Gasteiger partial charge < -0.3 is 10.1 Å². The Labute approximate surface area is 189 Å². The molecule has 1 aliphatic carbocycles. The number of hydrogen-bond donors (Lipinski definition) is 3. The van der Waals surface area contributed by atoms with E-state index >= 15 is 0 Å². The van der Waals surface area contributed by atoms with E-state index in [0.29, 0.717) is 22.9 Å². The van der Waals surface area contributed by atoms with Crippen molar-refractivity contribution in [3.05, 3.63) is 82.3 Å². The lowest BCUT2D eigenvalue weighted by Crippen LogP contribution is -2.23. The van der Waals surface area contributed by atoms with Gasteiger partial charge in [0, 0.05) is 22.9 Å². The summed E-state index contributed by atoms with van der Waals surface area (Å²) in [6, 6.07) is 17.9. The van der Waals surface area contributed by atoms with Crippen LogP contribution in [0.1, 0.15) is 17.7 Å². The molecule has 0 atom stereocenters. The van der Waals surface area contributed by atoms with E-state index < -0.39 is 6.03 Å². The van der Waals surface area contributed by atoms with E-state index in [9.17, 15) is 9.59 Å². The lowest BCUT2D eigenvalue weighted by Gasteiger charge is -2.10. The van der Waals surface area contributed by atoms with Gasteiger partial charge in [0.25, 0.3) is 5.56 Å². The molecular formula is C24H22N6O3. The zero-order chi connectivity index (χ0) is 22.8. The van der Waals surface area contributed by atoms with Gasteiger partial charge in [0.1, 0.15) is 11.6 Å². The van der Waals surface area contributed by atoms with E-state index in [0.717, 1.165) is 36.1 Å². The maximum absolute atomic E-state index is 12.7. The molecule has 0 aliphatic heterocycles. The molecule has 5 rings (SSSR count). The fourth-order valence-corrected chi connectivity index (χ4v) is 3.86. The van der Waals surface area contributed by atoms with Crippen LogP contribution in [0.5, 0.6) is 5.75 Å². The second-order valence-electron chi connectivity index (χ2n) is 7.67. The minimum Gasteiger partial charge on any atom is -0.497 e. The maximum atomic E-state index is 12.7. The van der Waals surface area contributed by atoms with Gasteiger partial charge in [-0.25, -0.2) is 9.78 Å². The topological polar surface area (TPSA) is 114 Å². The first-order chi connectivity index (χ1) is 16.1. The van der Waals surface area contributed by atoms with Crippen LogP contribution in [-0.2, 0) is 12.8 Å². The lowest BCUT2D eigenvalue weighted by atomic mass is 10.2. The van der Waals surface area contributed by atoms with Crippen LogP contribution >= 0.6 is 0 Å². The summed E-state index contributed by atoms with van der Waals surface area (Å²) in [5.41, 5.74) is 3.45. The van der Waals surface area contributed by atoms with Crippen molar-refractivity contribution in [1.29, 1.82) is 0 Å². The molecule has 1 aliphatic rings. The van der Waals surface area contributed by atoms with Crippen molar-refractivity contribution in [1.82, 2.24) is 19.7 Å². The molecule has 9 nitrogen and oxygen atoms in total. The molecular weight excluding hydrogens is 420 g/mol. The van der Waals surface area contributed by atoms with E-state index in [1.807, 2.05) is 30.3 Å². The number of urea groups is 1. The summed E-state index contributed by atoms with van der Waals surface area (Å²) in [6.07, 6.45) is 2.38. The van der Waals surface area contributed by atoms with Crippen molar-refractivity contribution in [2.75, 3.05) is 17.7 Å². The number of aryl methyl sites for hydroxylation is 1. The first kappa shape index (κ1) is 20.5. The largest absolute Gasteiger partial charge is 0.497 e. The fraction of sp³-hybridized carbons (Fsp3) is 0.167. The fourth-order valence-electron chi connectivity index (χ4n) is 3.86. The highest BCUT2D eigenvalue weighted by atomic mass is 16.5. The highest BCUT2D eigenvalue weighted by Gasteiger charge is 2.21. The van der Waals surface area contributed by atoms with Gasteiger partial charge in [-0.15, -0.1) is 0 Å². The van der Waals surface area contributed by atoms with Crippen LogP contribution < -0.4 is 20.9 Å². The predicted octanol–water partition coefficient (Wildman–Crippen LogP) is 3.76. The summed E-state index contributed by atoms with van der Waals surface area (Å²) in [7, 11) is 1.58. The minimum atomic E-state index is -0.454. The number of aromatic amines is 1. The van der Waals surface area contributed by atoms with Crippen molar-refractivity contribution in [3.8, 4) is 23.0 Å². The Morgan fingerprint density at radius 2 is 1.85 bits per heavy atom. The molecule has 2 aromatic heterocycles. The number of hydrogen-bond acceptors (Lipinski definition) is 5. The SMILES string of the molecule is COc1ccc(NC(=O)Nc2cc(-c3ccccc3)nn2-c2nc3c(c(=O)[nH]2)CCC3)cc1. The van der Waals surface area contributed by atoms with Crippen molar-refractivity contribution in [2.45, 2.75) is 19.3 Å². The molecule has 33 heavy (non-hydrogen) atoms.